The van der Waals surface area contributed by atoms with Gasteiger partial charge in [-0.25, -0.2) is 4.98 Å². The highest BCUT2D eigenvalue weighted by Gasteiger charge is 2.32. The summed E-state index contributed by atoms with van der Waals surface area (Å²) in [6.45, 7) is 3.81. The van der Waals surface area contributed by atoms with Gasteiger partial charge in [0.25, 0.3) is 5.91 Å². The van der Waals surface area contributed by atoms with Crippen molar-refractivity contribution in [2.45, 2.75) is 13.8 Å². The van der Waals surface area contributed by atoms with Crippen LogP contribution in [0.1, 0.15) is 16.3 Å². The number of nitrogens with zero attached hydrogens (tertiary/aromatic N) is 2. The van der Waals surface area contributed by atoms with Crippen molar-refractivity contribution in [2.75, 3.05) is 4.90 Å². The largest absolute Gasteiger partial charge is 0.327 e. The maximum Gasteiger partial charge on any atom is 0.281 e. The standard InChI is InChI=1S/C15H12ClN3OS2/c1-8-5-10(16)3-4-13(8)19-14(20)12(18-15(19)21)6-11-7-22-9(2)17-11/h3-7H,1-2H3,(H,18,21). The van der Waals surface area contributed by atoms with Crippen LogP contribution in [0.3, 0.4) is 0 Å². The van der Waals surface area contributed by atoms with Crippen LogP contribution in [-0.4, -0.2) is 16.0 Å². The molecule has 1 aromatic heterocycles. The summed E-state index contributed by atoms with van der Waals surface area (Å²) < 4.78 is 0. The minimum Gasteiger partial charge on any atom is -0.327 e. The van der Waals surface area contributed by atoms with Gasteiger partial charge in [-0.15, -0.1) is 11.3 Å². The molecule has 0 aliphatic carbocycles. The van der Waals surface area contributed by atoms with Gasteiger partial charge in [0.05, 0.1) is 16.4 Å². The zero-order valence-electron chi connectivity index (χ0n) is 11.9. The van der Waals surface area contributed by atoms with Crippen molar-refractivity contribution in [3.05, 3.63) is 50.6 Å². The molecule has 1 amide bonds. The van der Waals surface area contributed by atoms with Crippen molar-refractivity contribution in [1.29, 1.82) is 0 Å². The molecule has 0 bridgehead atoms. The van der Waals surface area contributed by atoms with E-state index in [4.69, 9.17) is 23.8 Å². The molecule has 0 radical (unpaired) electrons. The van der Waals surface area contributed by atoms with E-state index in [1.165, 1.54) is 16.2 Å². The highest BCUT2D eigenvalue weighted by Crippen LogP contribution is 2.28. The predicted molar refractivity (Wildman–Crippen MR) is 94.2 cm³/mol. The zero-order chi connectivity index (χ0) is 15.9. The molecule has 1 saturated heterocycles. The van der Waals surface area contributed by atoms with E-state index < -0.39 is 0 Å². The van der Waals surface area contributed by atoms with Gasteiger partial charge in [0, 0.05) is 10.4 Å². The number of hydrogen-bond donors (Lipinski definition) is 1. The maximum atomic E-state index is 12.6. The third-order valence-corrected chi connectivity index (χ3v) is 4.52. The van der Waals surface area contributed by atoms with Crippen LogP contribution >= 0.6 is 35.2 Å². The first kappa shape index (κ1) is 15.1. The van der Waals surface area contributed by atoms with Crippen molar-refractivity contribution in [3.63, 3.8) is 0 Å². The normalized spacial score (nSPS) is 16.5. The topological polar surface area (TPSA) is 45.2 Å². The SMILES string of the molecule is Cc1nc(C=C2NC(=S)N(c3ccc(Cl)cc3C)C2=O)cs1. The van der Waals surface area contributed by atoms with Crippen molar-refractivity contribution in [1.82, 2.24) is 10.3 Å². The van der Waals surface area contributed by atoms with Crippen molar-refractivity contribution in [2.24, 2.45) is 0 Å². The molecule has 4 nitrogen and oxygen atoms in total. The summed E-state index contributed by atoms with van der Waals surface area (Å²) in [6.07, 6.45) is 1.71. The molecule has 112 valence electrons. The monoisotopic (exact) mass is 349 g/mol. The van der Waals surface area contributed by atoms with Crippen LogP contribution in [-0.2, 0) is 4.79 Å². The lowest BCUT2D eigenvalue weighted by molar-refractivity contribution is -0.113. The molecule has 1 fully saturated rings. The number of aromatic nitrogens is 1. The lowest BCUT2D eigenvalue weighted by Crippen LogP contribution is -2.30. The summed E-state index contributed by atoms with van der Waals surface area (Å²) in [5, 5.41) is 6.78. The molecule has 2 heterocycles. The molecule has 0 saturated carbocycles. The lowest BCUT2D eigenvalue weighted by Gasteiger charge is -2.16. The Balaban J connectivity index is 1.96. The summed E-state index contributed by atoms with van der Waals surface area (Å²) >= 11 is 12.8. The Kier molecular flexibility index (Phi) is 3.99. The number of carbonyl (C=O) groups is 1. The van der Waals surface area contributed by atoms with E-state index >= 15 is 0 Å². The Morgan fingerprint density at radius 1 is 1.41 bits per heavy atom. The van der Waals surface area contributed by atoms with Gasteiger partial charge < -0.3 is 5.32 Å². The molecule has 2 aromatic rings. The van der Waals surface area contributed by atoms with Gasteiger partial charge in [-0.3, -0.25) is 9.69 Å². The number of amides is 1. The average molecular weight is 350 g/mol. The predicted octanol–water partition coefficient (Wildman–Crippen LogP) is 3.68. The fourth-order valence-electron chi connectivity index (χ4n) is 2.22. The molecule has 7 heteroatoms. The van der Waals surface area contributed by atoms with E-state index in [1.807, 2.05) is 19.2 Å². The van der Waals surface area contributed by atoms with Gasteiger partial charge in [-0.1, -0.05) is 11.6 Å². The summed E-state index contributed by atoms with van der Waals surface area (Å²) in [4.78, 5) is 18.4. The minimum atomic E-state index is -0.193. The number of thiazole rings is 1. The van der Waals surface area contributed by atoms with E-state index in [-0.39, 0.29) is 5.91 Å². The molecular formula is C15H12ClN3OS2. The van der Waals surface area contributed by atoms with E-state index in [0.29, 0.717) is 15.8 Å². The molecule has 0 atom stereocenters. The van der Waals surface area contributed by atoms with Gasteiger partial charge in [-0.2, -0.15) is 0 Å². The van der Waals surface area contributed by atoms with Crippen LogP contribution in [0.15, 0.2) is 29.3 Å². The first-order valence-electron chi connectivity index (χ1n) is 6.51. The quantitative estimate of drug-likeness (QED) is 0.663. The molecule has 0 unspecified atom stereocenters. The Hall–Kier alpha value is -1.76. The van der Waals surface area contributed by atoms with Crippen LogP contribution in [0.4, 0.5) is 5.69 Å². The Bertz CT molecular complexity index is 813. The fourth-order valence-corrected chi connectivity index (χ4v) is 3.31. The van der Waals surface area contributed by atoms with Crippen molar-refractivity contribution < 1.29 is 4.79 Å². The van der Waals surface area contributed by atoms with Crippen LogP contribution in [0, 0.1) is 13.8 Å². The second kappa shape index (κ2) is 5.79. The van der Waals surface area contributed by atoms with Gasteiger partial charge in [0.1, 0.15) is 5.70 Å². The summed E-state index contributed by atoms with van der Waals surface area (Å²) in [5.74, 6) is -0.193. The zero-order valence-corrected chi connectivity index (χ0v) is 14.3. The minimum absolute atomic E-state index is 0.193. The molecule has 3 rings (SSSR count). The number of benzene rings is 1. The number of halogens is 1. The smallest absolute Gasteiger partial charge is 0.281 e. The van der Waals surface area contributed by atoms with Gasteiger partial charge >= 0.3 is 0 Å². The first-order chi connectivity index (χ1) is 10.5. The summed E-state index contributed by atoms with van der Waals surface area (Å²) in [5.41, 5.74) is 2.78. The number of aryl methyl sites for hydroxylation is 2. The highest BCUT2D eigenvalue weighted by atomic mass is 35.5. The van der Waals surface area contributed by atoms with Gasteiger partial charge in [0.15, 0.2) is 5.11 Å². The van der Waals surface area contributed by atoms with E-state index in [2.05, 4.69) is 10.3 Å². The Morgan fingerprint density at radius 3 is 2.82 bits per heavy atom. The Labute approximate surface area is 142 Å². The summed E-state index contributed by atoms with van der Waals surface area (Å²) in [6, 6.07) is 5.34. The molecule has 0 spiro atoms. The lowest BCUT2D eigenvalue weighted by atomic mass is 10.2. The number of anilines is 1. The maximum absolute atomic E-state index is 12.6. The number of thiocarbonyl (C=S) groups is 1. The van der Waals surface area contributed by atoms with E-state index in [9.17, 15) is 4.79 Å². The van der Waals surface area contributed by atoms with Crippen LogP contribution in [0.5, 0.6) is 0 Å². The van der Waals surface area contributed by atoms with Crippen molar-refractivity contribution in [3.8, 4) is 0 Å². The van der Waals surface area contributed by atoms with Crippen molar-refractivity contribution >= 4 is 57.9 Å². The van der Waals surface area contributed by atoms with Crippen LogP contribution < -0.4 is 10.2 Å². The third-order valence-electron chi connectivity index (χ3n) is 3.21. The molecule has 1 aromatic carbocycles. The fraction of sp³-hybridized carbons (Fsp3) is 0.133. The average Bonchev–Trinajstić information content (AvgIpc) is 2.96. The third kappa shape index (κ3) is 2.77. The first-order valence-corrected chi connectivity index (χ1v) is 8.18. The summed E-state index contributed by atoms with van der Waals surface area (Å²) in [7, 11) is 0. The van der Waals surface area contributed by atoms with Crippen LogP contribution in [0.2, 0.25) is 5.02 Å². The van der Waals surface area contributed by atoms with E-state index in [1.54, 1.807) is 24.3 Å². The highest BCUT2D eigenvalue weighted by molar-refractivity contribution is 7.80. The Morgan fingerprint density at radius 2 is 2.18 bits per heavy atom. The van der Waals surface area contributed by atoms with Gasteiger partial charge in [-0.05, 0) is 55.9 Å². The molecule has 22 heavy (non-hydrogen) atoms. The molecule has 1 aliphatic rings. The molecular weight excluding hydrogens is 338 g/mol. The second-order valence-corrected chi connectivity index (χ2v) is 6.74. The number of carbonyl (C=O) groups excluding carboxylic acids is 1. The number of rotatable bonds is 2. The second-order valence-electron chi connectivity index (χ2n) is 4.85. The van der Waals surface area contributed by atoms with E-state index in [0.717, 1.165) is 22.0 Å². The molecule has 1 aliphatic heterocycles. The van der Waals surface area contributed by atoms with Crippen LogP contribution in [0.25, 0.3) is 6.08 Å². The van der Waals surface area contributed by atoms with Gasteiger partial charge in [0.2, 0.25) is 0 Å². The number of hydrogen-bond acceptors (Lipinski definition) is 4. The number of nitrogens with one attached hydrogen (secondary N) is 1. The molecule has 1 N–H and O–H groups in total.